The highest BCUT2D eigenvalue weighted by Crippen LogP contribution is 2.31. The van der Waals surface area contributed by atoms with Crippen LogP contribution in [0.5, 0.6) is 0 Å². The number of aliphatic hydroxyl groups excluding tert-OH is 1. The third kappa shape index (κ3) is 9.31. The monoisotopic (exact) mass is 697 g/mol. The van der Waals surface area contributed by atoms with Crippen LogP contribution >= 0.6 is 0 Å². The number of carbonyl (C=O) groups is 5. The highest BCUT2D eigenvalue weighted by Gasteiger charge is 2.40. The molecule has 2 saturated heterocycles. The number of benzene rings is 2. The van der Waals surface area contributed by atoms with Gasteiger partial charge in [-0.3, -0.25) is 14.4 Å². The van der Waals surface area contributed by atoms with Crippen LogP contribution in [0.3, 0.4) is 0 Å². The van der Waals surface area contributed by atoms with Crippen molar-refractivity contribution in [1.82, 2.24) is 4.90 Å². The lowest BCUT2D eigenvalue weighted by Gasteiger charge is -2.35. The lowest BCUT2D eigenvalue weighted by Crippen LogP contribution is -2.55. The topological polar surface area (TPSA) is 169 Å². The van der Waals surface area contributed by atoms with Crippen molar-refractivity contribution in [2.45, 2.75) is 71.5 Å². The summed E-state index contributed by atoms with van der Waals surface area (Å²) in [6, 6.07) is 8.63. The van der Waals surface area contributed by atoms with Crippen molar-refractivity contribution in [3.63, 3.8) is 0 Å². The highest BCUT2D eigenvalue weighted by atomic mass is 19.1. The van der Waals surface area contributed by atoms with Crippen LogP contribution in [0.25, 0.3) is 4.85 Å². The van der Waals surface area contributed by atoms with Crippen molar-refractivity contribution in [1.29, 1.82) is 0 Å². The van der Waals surface area contributed by atoms with Crippen LogP contribution in [0.1, 0.15) is 47.1 Å². The fourth-order valence-electron chi connectivity index (χ4n) is 5.04. The molecule has 2 N–H and O–H groups in total. The molecule has 268 valence electrons. The lowest BCUT2D eigenvalue weighted by molar-refractivity contribution is -0.150. The zero-order chi connectivity index (χ0) is 37.0. The number of carbonyl (C=O) groups excluding carboxylic acids is 5. The average molecular weight is 698 g/mol. The predicted octanol–water partition coefficient (Wildman–Crippen LogP) is 4.14. The molecule has 2 heterocycles. The first-order chi connectivity index (χ1) is 23.4. The van der Waals surface area contributed by atoms with E-state index in [1.807, 2.05) is 0 Å². The standard InChI is InChI=1S/C34H40FN5O10/c1-33(2,3)49-31(45)40(32(46)50-34(4,5)6)18-20-15-21(16-24(35)26(20)36-7)37-29(43)27(42)28-30(44)39(12-14-48-28)23-10-8-9-22(17-23)38-11-13-47-19-25(38)41/h8-10,15-17,27-28,42H,11-14,18-19H2,1-6H3,(H,37,43)/t27-,28-/m1/s1. The van der Waals surface area contributed by atoms with Gasteiger partial charge in [-0.15, -0.1) is 0 Å². The molecule has 0 unspecified atom stereocenters. The summed E-state index contributed by atoms with van der Waals surface area (Å²) in [6.07, 6.45) is -5.93. The Balaban J connectivity index is 1.54. The molecule has 50 heavy (non-hydrogen) atoms. The first kappa shape index (κ1) is 37.7. The number of rotatable bonds is 7. The van der Waals surface area contributed by atoms with E-state index in [4.69, 9.17) is 25.5 Å². The molecule has 5 amide bonds. The van der Waals surface area contributed by atoms with Crippen LogP contribution in [0.4, 0.5) is 36.7 Å². The molecule has 0 aliphatic carbocycles. The van der Waals surface area contributed by atoms with E-state index in [9.17, 15) is 29.1 Å². The van der Waals surface area contributed by atoms with Gasteiger partial charge in [-0.05, 0) is 77.4 Å². The van der Waals surface area contributed by atoms with Crippen LogP contribution in [0, 0.1) is 12.4 Å². The number of hydrogen-bond donors (Lipinski definition) is 2. The van der Waals surface area contributed by atoms with E-state index in [1.165, 1.54) is 9.80 Å². The van der Waals surface area contributed by atoms with Crippen molar-refractivity contribution < 1.29 is 52.4 Å². The van der Waals surface area contributed by atoms with E-state index < -0.39 is 65.5 Å². The Bertz CT molecular complexity index is 1670. The maximum absolute atomic E-state index is 15.2. The van der Waals surface area contributed by atoms with Crippen LogP contribution < -0.4 is 15.1 Å². The highest BCUT2D eigenvalue weighted by molar-refractivity contribution is 6.04. The number of imide groups is 1. The van der Waals surface area contributed by atoms with Crippen molar-refractivity contribution in [2.75, 3.05) is 48.0 Å². The molecule has 0 bridgehead atoms. The summed E-state index contributed by atoms with van der Waals surface area (Å²) in [5.74, 6) is -3.19. The van der Waals surface area contributed by atoms with E-state index in [-0.39, 0.29) is 36.9 Å². The van der Waals surface area contributed by atoms with E-state index >= 15 is 4.39 Å². The van der Waals surface area contributed by atoms with Gasteiger partial charge in [-0.1, -0.05) is 6.07 Å². The second kappa shape index (κ2) is 15.2. The van der Waals surface area contributed by atoms with Crippen LogP contribution in [-0.2, 0) is 39.9 Å². The molecule has 2 aliphatic heterocycles. The Morgan fingerprint density at radius 2 is 1.62 bits per heavy atom. The predicted molar refractivity (Wildman–Crippen MR) is 177 cm³/mol. The zero-order valence-corrected chi connectivity index (χ0v) is 28.6. The van der Waals surface area contributed by atoms with E-state index in [2.05, 4.69) is 10.2 Å². The van der Waals surface area contributed by atoms with Gasteiger partial charge in [-0.25, -0.2) is 23.7 Å². The molecule has 4 rings (SSSR count). The number of amides is 5. The molecule has 2 aromatic carbocycles. The summed E-state index contributed by atoms with van der Waals surface area (Å²) < 4.78 is 36.6. The molecule has 2 atom stereocenters. The van der Waals surface area contributed by atoms with Gasteiger partial charge in [0.1, 0.15) is 23.6 Å². The maximum atomic E-state index is 15.2. The normalized spacial score (nSPS) is 17.5. The minimum atomic E-state index is -2.05. The summed E-state index contributed by atoms with van der Waals surface area (Å²) in [5.41, 5.74) is -2.05. The molecule has 15 nitrogen and oxygen atoms in total. The van der Waals surface area contributed by atoms with Gasteiger partial charge in [0.2, 0.25) is 5.69 Å². The first-order valence-electron chi connectivity index (χ1n) is 15.7. The number of morpholine rings is 2. The number of nitrogens with one attached hydrogen (secondary N) is 1. The van der Waals surface area contributed by atoms with Crippen molar-refractivity contribution in [3.05, 3.63) is 59.2 Å². The van der Waals surface area contributed by atoms with Gasteiger partial charge in [0.05, 0.1) is 26.3 Å². The lowest BCUT2D eigenvalue weighted by atomic mass is 10.1. The Hall–Kier alpha value is -5.11. The number of aliphatic hydroxyl groups is 1. The summed E-state index contributed by atoms with van der Waals surface area (Å²) in [7, 11) is 0. The Labute approximate surface area is 288 Å². The average Bonchev–Trinajstić information content (AvgIpc) is 3.02. The number of halogens is 1. The molecule has 0 spiro atoms. The second-order valence-electron chi connectivity index (χ2n) is 13.5. The summed E-state index contributed by atoms with van der Waals surface area (Å²) >= 11 is 0. The van der Waals surface area contributed by atoms with Crippen molar-refractivity contribution >= 4 is 52.7 Å². The Morgan fingerprint density at radius 3 is 2.20 bits per heavy atom. The molecule has 2 aliphatic rings. The smallest absolute Gasteiger partial charge is 0.420 e. The largest absolute Gasteiger partial charge is 0.443 e. The molecule has 0 radical (unpaired) electrons. The Kier molecular flexibility index (Phi) is 11.5. The molecule has 0 aromatic heterocycles. The first-order valence-corrected chi connectivity index (χ1v) is 15.7. The summed E-state index contributed by atoms with van der Waals surface area (Å²) in [4.78, 5) is 71.7. The van der Waals surface area contributed by atoms with Crippen molar-refractivity contribution in [2.24, 2.45) is 0 Å². The molecule has 16 heteroatoms. The third-order valence-corrected chi connectivity index (χ3v) is 7.19. The van der Waals surface area contributed by atoms with Gasteiger partial charge in [0.25, 0.3) is 17.7 Å². The fourth-order valence-corrected chi connectivity index (χ4v) is 5.04. The molecular formula is C34H40FN5O10. The number of nitrogens with zero attached hydrogens (tertiary/aromatic N) is 4. The third-order valence-electron chi connectivity index (χ3n) is 7.19. The maximum Gasteiger partial charge on any atom is 0.420 e. The Morgan fingerprint density at radius 1 is 1.02 bits per heavy atom. The van der Waals surface area contributed by atoms with Crippen LogP contribution in [-0.4, -0.2) is 96.2 Å². The van der Waals surface area contributed by atoms with E-state index in [0.29, 0.717) is 29.4 Å². The molecule has 0 saturated carbocycles. The van der Waals surface area contributed by atoms with Gasteiger partial charge < -0.3 is 39.2 Å². The molecular weight excluding hydrogens is 657 g/mol. The zero-order valence-electron chi connectivity index (χ0n) is 28.6. The fraction of sp³-hybridized carbons (Fsp3) is 0.471. The second-order valence-corrected chi connectivity index (χ2v) is 13.5. The van der Waals surface area contributed by atoms with E-state index in [0.717, 1.165) is 12.1 Å². The van der Waals surface area contributed by atoms with Gasteiger partial charge in [0.15, 0.2) is 12.2 Å². The van der Waals surface area contributed by atoms with Crippen molar-refractivity contribution in [3.8, 4) is 0 Å². The van der Waals surface area contributed by atoms with Gasteiger partial charge in [0, 0.05) is 30.2 Å². The van der Waals surface area contributed by atoms with Crippen LogP contribution in [0.2, 0.25) is 0 Å². The van der Waals surface area contributed by atoms with Crippen LogP contribution in [0.15, 0.2) is 36.4 Å². The van der Waals surface area contributed by atoms with E-state index in [1.54, 1.807) is 65.8 Å². The molecule has 2 fully saturated rings. The summed E-state index contributed by atoms with van der Waals surface area (Å²) in [6.45, 7) is 17.0. The van der Waals surface area contributed by atoms with Gasteiger partial charge in [-0.2, -0.15) is 0 Å². The SMILES string of the molecule is [C-]#[N+]c1c(F)cc(NC(=O)[C@H](O)[C@H]2OCCN(c3cccc(N4CCOCC4=O)c3)C2=O)cc1CN(C(=O)OC(C)(C)C)C(=O)OC(C)(C)C. The number of ether oxygens (including phenoxy) is 4. The van der Waals surface area contributed by atoms with Gasteiger partial charge >= 0.3 is 12.2 Å². The quantitative estimate of drug-likeness (QED) is 0.401. The number of anilines is 3. The summed E-state index contributed by atoms with van der Waals surface area (Å²) in [5, 5.41) is 13.3. The minimum absolute atomic E-state index is 0.0366. The minimum Gasteiger partial charge on any atom is -0.443 e. The number of hydrogen-bond acceptors (Lipinski definition) is 10. The molecule has 2 aromatic rings.